The number of ether oxygens (including phenoxy) is 3. The zero-order valence-corrected chi connectivity index (χ0v) is 11.3. The zero-order valence-electron chi connectivity index (χ0n) is 11.3. The lowest BCUT2D eigenvalue weighted by Gasteiger charge is -2.14. The molecule has 0 amide bonds. The van der Waals surface area contributed by atoms with Crippen LogP contribution in [0, 0.1) is 0 Å². The summed E-state index contributed by atoms with van der Waals surface area (Å²) in [5.41, 5.74) is 0.728. The van der Waals surface area contributed by atoms with Crippen molar-refractivity contribution in [2.24, 2.45) is 0 Å². The second-order valence-electron chi connectivity index (χ2n) is 3.94. The minimum absolute atomic E-state index is 0.0173. The molecule has 5 nitrogen and oxygen atoms in total. The average Bonchev–Trinajstić information content (AvgIpc) is 2.42. The van der Waals surface area contributed by atoms with Crippen molar-refractivity contribution in [3.05, 3.63) is 29.8 Å². The summed E-state index contributed by atoms with van der Waals surface area (Å²) in [7, 11) is 3.15. The van der Waals surface area contributed by atoms with E-state index in [4.69, 9.17) is 19.3 Å². The van der Waals surface area contributed by atoms with Gasteiger partial charge in [-0.1, -0.05) is 6.07 Å². The van der Waals surface area contributed by atoms with Crippen LogP contribution in [0.25, 0.3) is 6.08 Å². The van der Waals surface area contributed by atoms with Gasteiger partial charge >= 0.3 is 5.97 Å². The molecule has 0 fully saturated rings. The number of aliphatic carboxylic acids is 1. The van der Waals surface area contributed by atoms with E-state index < -0.39 is 5.97 Å². The third kappa shape index (κ3) is 5.01. The van der Waals surface area contributed by atoms with E-state index in [2.05, 4.69) is 0 Å². The molecule has 0 heterocycles. The normalized spacial score (nSPS) is 12.4. The Morgan fingerprint density at radius 2 is 2.11 bits per heavy atom. The summed E-state index contributed by atoms with van der Waals surface area (Å²) in [5, 5.41) is 8.57. The molecular formula is C14H18O5. The number of carboxylic acid groups (broad SMARTS) is 1. The van der Waals surface area contributed by atoms with E-state index in [9.17, 15) is 4.79 Å². The Kier molecular flexibility index (Phi) is 5.89. The molecule has 1 rings (SSSR count). The molecule has 5 heteroatoms. The molecule has 0 aliphatic carbocycles. The Morgan fingerprint density at radius 3 is 2.68 bits per heavy atom. The fourth-order valence-electron chi connectivity index (χ4n) is 1.35. The molecule has 0 radical (unpaired) electrons. The Bertz CT molecular complexity index is 453. The van der Waals surface area contributed by atoms with Gasteiger partial charge in [0.15, 0.2) is 11.5 Å². The van der Waals surface area contributed by atoms with Crippen molar-refractivity contribution in [3.8, 4) is 11.5 Å². The van der Waals surface area contributed by atoms with Crippen molar-refractivity contribution in [2.75, 3.05) is 20.8 Å². The number of hydrogen-bond acceptors (Lipinski definition) is 4. The molecular weight excluding hydrogens is 248 g/mol. The molecule has 1 aromatic rings. The molecule has 1 unspecified atom stereocenters. The average molecular weight is 266 g/mol. The maximum absolute atomic E-state index is 10.4. The van der Waals surface area contributed by atoms with Gasteiger partial charge in [0, 0.05) is 13.2 Å². The zero-order chi connectivity index (χ0) is 14.3. The van der Waals surface area contributed by atoms with E-state index in [1.54, 1.807) is 25.3 Å². The van der Waals surface area contributed by atoms with E-state index >= 15 is 0 Å². The first-order valence-corrected chi connectivity index (χ1v) is 5.81. The predicted molar refractivity (Wildman–Crippen MR) is 71.6 cm³/mol. The number of carbonyl (C=O) groups is 1. The van der Waals surface area contributed by atoms with Crippen molar-refractivity contribution in [2.45, 2.75) is 13.0 Å². The highest BCUT2D eigenvalue weighted by Gasteiger charge is 2.07. The van der Waals surface area contributed by atoms with Crippen LogP contribution in [-0.2, 0) is 9.53 Å². The van der Waals surface area contributed by atoms with Gasteiger partial charge in [-0.3, -0.25) is 0 Å². The summed E-state index contributed by atoms with van der Waals surface area (Å²) >= 11 is 0. The lowest BCUT2D eigenvalue weighted by molar-refractivity contribution is -0.131. The first kappa shape index (κ1) is 15.0. The maximum Gasteiger partial charge on any atom is 0.328 e. The molecule has 0 aliphatic heterocycles. The van der Waals surface area contributed by atoms with Crippen LogP contribution < -0.4 is 9.47 Å². The number of methoxy groups -OCH3 is 2. The molecule has 104 valence electrons. The monoisotopic (exact) mass is 266 g/mol. The lowest BCUT2D eigenvalue weighted by Crippen LogP contribution is -2.16. The molecule has 0 spiro atoms. The highest BCUT2D eigenvalue weighted by Crippen LogP contribution is 2.28. The van der Waals surface area contributed by atoms with E-state index in [0.717, 1.165) is 11.6 Å². The molecule has 0 bridgehead atoms. The fourth-order valence-corrected chi connectivity index (χ4v) is 1.35. The number of carboxylic acids is 1. The minimum atomic E-state index is -0.992. The van der Waals surface area contributed by atoms with Gasteiger partial charge in [-0.2, -0.15) is 0 Å². The van der Waals surface area contributed by atoms with Gasteiger partial charge in [0.25, 0.3) is 0 Å². The van der Waals surface area contributed by atoms with Crippen LogP contribution in [0.3, 0.4) is 0 Å². The summed E-state index contributed by atoms with van der Waals surface area (Å²) < 4.78 is 15.9. The summed E-state index contributed by atoms with van der Waals surface area (Å²) in [6.45, 7) is 2.31. The molecule has 0 aliphatic rings. The Morgan fingerprint density at radius 1 is 1.37 bits per heavy atom. The first-order valence-electron chi connectivity index (χ1n) is 5.81. The van der Waals surface area contributed by atoms with Crippen molar-refractivity contribution >= 4 is 12.0 Å². The van der Waals surface area contributed by atoms with Crippen molar-refractivity contribution in [1.29, 1.82) is 0 Å². The smallest absolute Gasteiger partial charge is 0.328 e. The SMILES string of the molecule is COc1cc(/C=C/C(=O)O)ccc1OCC(C)OC. The molecule has 1 aromatic carbocycles. The van der Waals surface area contributed by atoms with E-state index in [1.807, 2.05) is 6.92 Å². The van der Waals surface area contributed by atoms with E-state index in [0.29, 0.717) is 18.1 Å². The van der Waals surface area contributed by atoms with Crippen LogP contribution in [0.4, 0.5) is 0 Å². The third-order valence-corrected chi connectivity index (χ3v) is 2.48. The topological polar surface area (TPSA) is 65.0 Å². The van der Waals surface area contributed by atoms with Crippen LogP contribution in [0.2, 0.25) is 0 Å². The summed E-state index contributed by atoms with van der Waals surface area (Å²) in [5.74, 6) is 0.155. The third-order valence-electron chi connectivity index (χ3n) is 2.48. The summed E-state index contributed by atoms with van der Waals surface area (Å²) in [6, 6.07) is 5.21. The van der Waals surface area contributed by atoms with Gasteiger partial charge in [0.2, 0.25) is 0 Å². The summed E-state index contributed by atoms with van der Waals surface area (Å²) in [4.78, 5) is 10.4. The highest BCUT2D eigenvalue weighted by atomic mass is 16.5. The quantitative estimate of drug-likeness (QED) is 0.766. The van der Waals surface area contributed by atoms with Crippen LogP contribution in [0.1, 0.15) is 12.5 Å². The second kappa shape index (κ2) is 7.43. The maximum atomic E-state index is 10.4. The number of benzene rings is 1. The fraction of sp³-hybridized carbons (Fsp3) is 0.357. The van der Waals surface area contributed by atoms with Gasteiger partial charge in [0.05, 0.1) is 13.2 Å². The van der Waals surface area contributed by atoms with Gasteiger partial charge < -0.3 is 19.3 Å². The van der Waals surface area contributed by atoms with E-state index in [1.165, 1.54) is 13.2 Å². The highest BCUT2D eigenvalue weighted by molar-refractivity contribution is 5.85. The molecule has 0 aromatic heterocycles. The Balaban J connectivity index is 2.81. The number of rotatable bonds is 7. The van der Waals surface area contributed by atoms with Crippen molar-refractivity contribution in [3.63, 3.8) is 0 Å². The summed E-state index contributed by atoms with van der Waals surface area (Å²) in [6.07, 6.45) is 2.55. The van der Waals surface area contributed by atoms with Crippen LogP contribution in [-0.4, -0.2) is 38.0 Å². The molecule has 0 saturated heterocycles. The predicted octanol–water partition coefficient (Wildman–Crippen LogP) is 2.21. The van der Waals surface area contributed by atoms with Crippen molar-refractivity contribution in [1.82, 2.24) is 0 Å². The van der Waals surface area contributed by atoms with Gasteiger partial charge in [-0.15, -0.1) is 0 Å². The van der Waals surface area contributed by atoms with Crippen LogP contribution in [0.15, 0.2) is 24.3 Å². The number of hydrogen-bond donors (Lipinski definition) is 1. The Labute approximate surface area is 112 Å². The molecule has 1 N–H and O–H groups in total. The lowest BCUT2D eigenvalue weighted by atomic mass is 10.2. The van der Waals surface area contributed by atoms with Crippen molar-refractivity contribution < 1.29 is 24.1 Å². The second-order valence-corrected chi connectivity index (χ2v) is 3.94. The molecule has 1 atom stereocenters. The van der Waals surface area contributed by atoms with Gasteiger partial charge in [-0.25, -0.2) is 4.79 Å². The van der Waals surface area contributed by atoms with Crippen LogP contribution >= 0.6 is 0 Å². The first-order chi connectivity index (χ1) is 9.06. The van der Waals surface area contributed by atoms with Gasteiger partial charge in [0.1, 0.15) is 6.61 Å². The minimum Gasteiger partial charge on any atom is -0.493 e. The van der Waals surface area contributed by atoms with Crippen LogP contribution in [0.5, 0.6) is 11.5 Å². The van der Waals surface area contributed by atoms with Gasteiger partial charge in [-0.05, 0) is 30.7 Å². The standard InChI is InChI=1S/C14H18O5/c1-10(17-2)9-19-12-6-4-11(5-7-14(15)16)8-13(12)18-3/h4-8,10H,9H2,1-3H3,(H,15,16)/b7-5+. The largest absolute Gasteiger partial charge is 0.493 e. The molecule has 0 saturated carbocycles. The molecule has 19 heavy (non-hydrogen) atoms. The Hall–Kier alpha value is -2.01. The van der Waals surface area contributed by atoms with E-state index in [-0.39, 0.29) is 6.10 Å².